The summed E-state index contributed by atoms with van der Waals surface area (Å²) in [6.45, 7) is 3.70. The highest BCUT2D eigenvalue weighted by atomic mass is 16.6. The minimum absolute atomic E-state index is 0.0501. The Balaban J connectivity index is 1.83. The van der Waals surface area contributed by atoms with Gasteiger partial charge in [-0.25, -0.2) is 0 Å². The SMILES string of the molecule is OCCOCCOCCOCCOC1C#CCCCCC1. The molecule has 1 aliphatic carbocycles. The van der Waals surface area contributed by atoms with Gasteiger partial charge in [0, 0.05) is 6.42 Å². The molecule has 0 bridgehead atoms. The molecule has 122 valence electrons. The highest BCUT2D eigenvalue weighted by Crippen LogP contribution is 2.10. The quantitative estimate of drug-likeness (QED) is 0.436. The van der Waals surface area contributed by atoms with Crippen LogP contribution in [0.15, 0.2) is 0 Å². The summed E-state index contributed by atoms with van der Waals surface area (Å²) >= 11 is 0. The number of hydrogen-bond donors (Lipinski definition) is 1. The van der Waals surface area contributed by atoms with E-state index in [9.17, 15) is 0 Å². The third-order valence-electron chi connectivity index (χ3n) is 3.06. The van der Waals surface area contributed by atoms with Crippen LogP contribution in [-0.4, -0.2) is 64.1 Å². The molecule has 0 aromatic rings. The molecule has 0 aromatic carbocycles. The van der Waals surface area contributed by atoms with Crippen LogP contribution in [0.4, 0.5) is 0 Å². The van der Waals surface area contributed by atoms with Crippen LogP contribution in [-0.2, 0) is 18.9 Å². The molecule has 0 spiro atoms. The smallest absolute Gasteiger partial charge is 0.118 e. The minimum Gasteiger partial charge on any atom is -0.394 e. The molecule has 1 unspecified atom stereocenters. The molecule has 0 aromatic heterocycles. The van der Waals surface area contributed by atoms with Gasteiger partial charge in [-0.1, -0.05) is 12.3 Å². The molecule has 0 fully saturated rings. The lowest BCUT2D eigenvalue weighted by Crippen LogP contribution is -2.17. The Morgan fingerprint density at radius 2 is 1.48 bits per heavy atom. The molecule has 1 aliphatic rings. The van der Waals surface area contributed by atoms with Crippen molar-refractivity contribution in [1.29, 1.82) is 0 Å². The first-order chi connectivity index (χ1) is 10.4. The maximum Gasteiger partial charge on any atom is 0.118 e. The maximum absolute atomic E-state index is 8.51. The Kier molecular flexibility index (Phi) is 12.5. The molecular weight excluding hydrogens is 272 g/mol. The molecule has 0 saturated heterocycles. The minimum atomic E-state index is 0.0501. The predicted octanol–water partition coefficient (Wildman–Crippen LogP) is 1.38. The van der Waals surface area contributed by atoms with Crippen LogP contribution in [0.2, 0.25) is 0 Å². The fraction of sp³-hybridized carbons (Fsp3) is 0.875. The first-order valence-corrected chi connectivity index (χ1v) is 7.87. The number of hydrogen-bond acceptors (Lipinski definition) is 5. The summed E-state index contributed by atoms with van der Waals surface area (Å²) in [5, 5.41) is 8.51. The van der Waals surface area contributed by atoms with Gasteiger partial charge < -0.3 is 24.1 Å². The van der Waals surface area contributed by atoms with Crippen molar-refractivity contribution in [3.05, 3.63) is 0 Å². The van der Waals surface area contributed by atoms with Crippen molar-refractivity contribution >= 4 is 0 Å². The van der Waals surface area contributed by atoms with E-state index in [2.05, 4.69) is 11.8 Å². The summed E-state index contributed by atoms with van der Waals surface area (Å²) in [6, 6.07) is 0. The number of aliphatic hydroxyl groups is 1. The van der Waals surface area contributed by atoms with Crippen LogP contribution in [0.5, 0.6) is 0 Å². The zero-order chi connectivity index (χ0) is 15.0. The van der Waals surface area contributed by atoms with Crippen LogP contribution in [0.25, 0.3) is 0 Å². The monoisotopic (exact) mass is 300 g/mol. The van der Waals surface area contributed by atoms with E-state index >= 15 is 0 Å². The van der Waals surface area contributed by atoms with Crippen molar-refractivity contribution < 1.29 is 24.1 Å². The zero-order valence-electron chi connectivity index (χ0n) is 12.8. The van der Waals surface area contributed by atoms with E-state index in [0.29, 0.717) is 46.2 Å². The normalized spacial score (nSPS) is 18.6. The molecule has 1 rings (SSSR count). The molecule has 0 amide bonds. The largest absolute Gasteiger partial charge is 0.394 e. The fourth-order valence-corrected chi connectivity index (χ4v) is 1.96. The van der Waals surface area contributed by atoms with E-state index < -0.39 is 0 Å². The summed E-state index contributed by atoms with van der Waals surface area (Å²) in [6.07, 6.45) is 5.78. The summed E-state index contributed by atoms with van der Waals surface area (Å²) in [5.41, 5.74) is 0. The molecule has 5 nitrogen and oxygen atoms in total. The van der Waals surface area contributed by atoms with Crippen molar-refractivity contribution in [3.8, 4) is 11.8 Å². The Morgan fingerprint density at radius 1 is 0.810 bits per heavy atom. The molecule has 1 N–H and O–H groups in total. The van der Waals surface area contributed by atoms with E-state index in [4.69, 9.17) is 24.1 Å². The Bertz CT molecular complexity index is 284. The van der Waals surface area contributed by atoms with Gasteiger partial charge in [-0.2, -0.15) is 0 Å². The van der Waals surface area contributed by atoms with Gasteiger partial charge in [0.25, 0.3) is 0 Å². The van der Waals surface area contributed by atoms with Crippen LogP contribution in [0.1, 0.15) is 32.1 Å². The highest BCUT2D eigenvalue weighted by molar-refractivity contribution is 5.05. The van der Waals surface area contributed by atoms with Crippen LogP contribution in [0.3, 0.4) is 0 Å². The lowest BCUT2D eigenvalue weighted by atomic mass is 10.1. The molecule has 1 atom stereocenters. The van der Waals surface area contributed by atoms with Crippen molar-refractivity contribution in [3.63, 3.8) is 0 Å². The molecule has 21 heavy (non-hydrogen) atoms. The molecule has 0 radical (unpaired) electrons. The number of aliphatic hydroxyl groups excluding tert-OH is 1. The first kappa shape index (κ1) is 18.4. The summed E-state index contributed by atoms with van der Waals surface area (Å²) in [7, 11) is 0. The number of rotatable bonds is 12. The van der Waals surface area contributed by atoms with Crippen molar-refractivity contribution in [2.75, 3.05) is 52.9 Å². The second-order valence-corrected chi connectivity index (χ2v) is 4.84. The van der Waals surface area contributed by atoms with E-state index in [1.165, 1.54) is 19.3 Å². The van der Waals surface area contributed by atoms with Gasteiger partial charge in [-0.3, -0.25) is 0 Å². The summed E-state index contributed by atoms with van der Waals surface area (Å²) in [4.78, 5) is 0. The van der Waals surface area contributed by atoms with Crippen LogP contribution >= 0.6 is 0 Å². The van der Waals surface area contributed by atoms with Gasteiger partial charge in [-0.15, -0.1) is 5.92 Å². The van der Waals surface area contributed by atoms with E-state index in [1.807, 2.05) is 0 Å². The second-order valence-electron chi connectivity index (χ2n) is 4.84. The molecule has 0 heterocycles. The lowest BCUT2D eigenvalue weighted by Gasteiger charge is -2.13. The first-order valence-electron chi connectivity index (χ1n) is 7.87. The van der Waals surface area contributed by atoms with Crippen molar-refractivity contribution in [1.82, 2.24) is 0 Å². The Labute approximate surface area is 127 Å². The average molecular weight is 300 g/mol. The standard InChI is InChI=1S/C16H28O5/c17-8-9-18-10-11-19-12-13-20-14-15-21-16-6-4-2-1-3-5-7-16/h16-17H,1-4,6,8-15H2. The molecule has 0 aliphatic heterocycles. The topological polar surface area (TPSA) is 57.2 Å². The molecule has 0 saturated carbocycles. The van der Waals surface area contributed by atoms with Gasteiger partial charge in [0.1, 0.15) is 6.10 Å². The summed E-state index contributed by atoms with van der Waals surface area (Å²) in [5.74, 6) is 6.34. The Hall–Kier alpha value is -0.640. The third-order valence-corrected chi connectivity index (χ3v) is 3.06. The molecular formula is C16H28O5. The lowest BCUT2D eigenvalue weighted by molar-refractivity contribution is -0.0127. The number of ether oxygens (including phenoxy) is 4. The highest BCUT2D eigenvalue weighted by Gasteiger charge is 2.06. The predicted molar refractivity (Wildman–Crippen MR) is 80.1 cm³/mol. The second kappa shape index (κ2) is 14.3. The van der Waals surface area contributed by atoms with Gasteiger partial charge >= 0.3 is 0 Å². The van der Waals surface area contributed by atoms with Crippen LogP contribution in [0, 0.1) is 11.8 Å². The van der Waals surface area contributed by atoms with Gasteiger partial charge in [0.05, 0.1) is 52.9 Å². The van der Waals surface area contributed by atoms with Crippen molar-refractivity contribution in [2.45, 2.75) is 38.2 Å². The summed E-state index contributed by atoms with van der Waals surface area (Å²) < 4.78 is 21.5. The van der Waals surface area contributed by atoms with E-state index in [1.54, 1.807) is 0 Å². The van der Waals surface area contributed by atoms with Gasteiger partial charge in [-0.05, 0) is 19.3 Å². The third kappa shape index (κ3) is 11.7. The van der Waals surface area contributed by atoms with Gasteiger partial charge in [0.2, 0.25) is 0 Å². The van der Waals surface area contributed by atoms with Crippen molar-refractivity contribution in [2.24, 2.45) is 0 Å². The van der Waals surface area contributed by atoms with E-state index in [-0.39, 0.29) is 12.7 Å². The maximum atomic E-state index is 8.51. The average Bonchev–Trinajstić information content (AvgIpc) is 2.46. The fourth-order valence-electron chi connectivity index (χ4n) is 1.96. The van der Waals surface area contributed by atoms with Crippen LogP contribution < -0.4 is 0 Å². The molecule has 5 heteroatoms. The Morgan fingerprint density at radius 3 is 2.19 bits per heavy atom. The van der Waals surface area contributed by atoms with Gasteiger partial charge in [0.15, 0.2) is 0 Å². The zero-order valence-corrected chi connectivity index (χ0v) is 12.8. The van der Waals surface area contributed by atoms with E-state index in [0.717, 1.165) is 12.8 Å².